The number of aromatic nitrogens is 3. The summed E-state index contributed by atoms with van der Waals surface area (Å²) >= 11 is 0. The lowest BCUT2D eigenvalue weighted by atomic mass is 10.1. The zero-order valence-corrected chi connectivity index (χ0v) is 10.7. The molecule has 1 atom stereocenters. The molecule has 0 amide bonds. The van der Waals surface area contributed by atoms with Gasteiger partial charge in [0.15, 0.2) is 5.65 Å². The van der Waals surface area contributed by atoms with Crippen molar-refractivity contribution >= 4 is 11.5 Å². The average Bonchev–Trinajstić information content (AvgIpc) is 2.85. The number of benzene rings is 1. The quantitative estimate of drug-likeness (QED) is 0.797. The van der Waals surface area contributed by atoms with Gasteiger partial charge in [0, 0.05) is 18.3 Å². The number of hydrogen-bond donors (Lipinski definition) is 1. The van der Waals surface area contributed by atoms with E-state index in [1.54, 1.807) is 29.0 Å². The molecule has 0 spiro atoms. The zero-order chi connectivity index (χ0) is 14.1. The van der Waals surface area contributed by atoms with Crippen molar-refractivity contribution in [1.29, 1.82) is 0 Å². The number of hydrogen-bond acceptors (Lipinski definition) is 3. The Bertz CT molecular complexity index is 734. The van der Waals surface area contributed by atoms with Crippen LogP contribution in [-0.4, -0.2) is 14.6 Å². The first kappa shape index (κ1) is 12.5. The van der Waals surface area contributed by atoms with E-state index in [1.165, 1.54) is 12.1 Å². The van der Waals surface area contributed by atoms with Gasteiger partial charge in [-0.15, -0.1) is 0 Å². The molecule has 0 bridgehead atoms. The van der Waals surface area contributed by atoms with E-state index >= 15 is 0 Å². The van der Waals surface area contributed by atoms with Gasteiger partial charge in [-0.25, -0.2) is 18.3 Å². The van der Waals surface area contributed by atoms with Crippen LogP contribution >= 0.6 is 0 Å². The minimum atomic E-state index is -0.590. The van der Waals surface area contributed by atoms with Crippen LogP contribution in [0.1, 0.15) is 18.5 Å². The Kier molecular flexibility index (Phi) is 3.06. The van der Waals surface area contributed by atoms with Gasteiger partial charge in [0.05, 0.1) is 12.2 Å². The molecule has 0 aliphatic rings. The molecule has 0 unspecified atom stereocenters. The summed E-state index contributed by atoms with van der Waals surface area (Å²) in [5, 5.41) is 7.16. The second kappa shape index (κ2) is 4.88. The normalized spacial score (nSPS) is 12.6. The predicted molar refractivity (Wildman–Crippen MR) is 71.4 cm³/mol. The van der Waals surface area contributed by atoms with Crippen LogP contribution in [-0.2, 0) is 0 Å². The number of fused-ring (bicyclic) bond motifs is 1. The van der Waals surface area contributed by atoms with Crippen molar-refractivity contribution < 1.29 is 8.78 Å². The van der Waals surface area contributed by atoms with Crippen LogP contribution in [0.2, 0.25) is 0 Å². The Morgan fingerprint density at radius 1 is 1.15 bits per heavy atom. The third kappa shape index (κ3) is 2.45. The number of halogens is 2. The highest BCUT2D eigenvalue weighted by molar-refractivity contribution is 5.46. The minimum Gasteiger partial charge on any atom is -0.363 e. The first-order valence-electron chi connectivity index (χ1n) is 6.15. The maximum Gasteiger partial charge on any atom is 0.157 e. The van der Waals surface area contributed by atoms with Crippen LogP contribution in [0, 0.1) is 11.6 Å². The summed E-state index contributed by atoms with van der Waals surface area (Å²) in [6.45, 7) is 1.82. The fourth-order valence-corrected chi connectivity index (χ4v) is 2.02. The Morgan fingerprint density at radius 2 is 1.90 bits per heavy atom. The summed E-state index contributed by atoms with van der Waals surface area (Å²) in [6, 6.07) is 6.73. The van der Waals surface area contributed by atoms with Gasteiger partial charge in [0.2, 0.25) is 0 Å². The molecule has 3 aromatic rings. The van der Waals surface area contributed by atoms with Crippen LogP contribution in [0.3, 0.4) is 0 Å². The molecule has 0 aliphatic heterocycles. The van der Waals surface area contributed by atoms with Crippen LogP contribution in [0.4, 0.5) is 14.6 Å². The predicted octanol–water partition coefficient (Wildman–Crippen LogP) is 3.18. The molecule has 2 heterocycles. The number of rotatable bonds is 3. The van der Waals surface area contributed by atoms with Crippen molar-refractivity contribution in [2.75, 3.05) is 5.32 Å². The molecule has 0 fully saturated rings. The number of nitrogens with one attached hydrogen (secondary N) is 1. The van der Waals surface area contributed by atoms with Crippen LogP contribution in [0.5, 0.6) is 0 Å². The summed E-state index contributed by atoms with van der Waals surface area (Å²) in [7, 11) is 0. The van der Waals surface area contributed by atoms with E-state index in [-0.39, 0.29) is 6.04 Å². The van der Waals surface area contributed by atoms with Crippen molar-refractivity contribution in [2.45, 2.75) is 13.0 Å². The highest BCUT2D eigenvalue weighted by Gasteiger charge is 2.09. The van der Waals surface area contributed by atoms with E-state index in [4.69, 9.17) is 0 Å². The topological polar surface area (TPSA) is 42.2 Å². The number of anilines is 1. The van der Waals surface area contributed by atoms with Crippen molar-refractivity contribution in [3.8, 4) is 0 Å². The maximum absolute atomic E-state index is 13.2. The molecule has 3 rings (SSSR count). The van der Waals surface area contributed by atoms with Crippen molar-refractivity contribution in [2.24, 2.45) is 0 Å². The third-order valence-corrected chi connectivity index (χ3v) is 3.01. The van der Waals surface area contributed by atoms with E-state index in [2.05, 4.69) is 15.4 Å². The van der Waals surface area contributed by atoms with Crippen molar-refractivity contribution in [3.63, 3.8) is 0 Å². The van der Waals surface area contributed by atoms with Gasteiger partial charge in [0.1, 0.15) is 17.5 Å². The lowest BCUT2D eigenvalue weighted by molar-refractivity contribution is 0.577. The SMILES string of the molecule is C[C@@H](Nc1ccn2nccc2n1)c1cc(F)cc(F)c1. The molecule has 102 valence electrons. The summed E-state index contributed by atoms with van der Waals surface area (Å²) < 4.78 is 28.0. The second-order valence-electron chi connectivity index (χ2n) is 4.52. The van der Waals surface area contributed by atoms with E-state index in [9.17, 15) is 8.78 Å². The Morgan fingerprint density at radius 3 is 2.65 bits per heavy atom. The van der Waals surface area contributed by atoms with Gasteiger partial charge in [-0.1, -0.05) is 0 Å². The minimum absolute atomic E-state index is 0.266. The lowest BCUT2D eigenvalue weighted by Gasteiger charge is -2.15. The van der Waals surface area contributed by atoms with Crippen molar-refractivity contribution in [1.82, 2.24) is 14.6 Å². The van der Waals surface area contributed by atoms with Gasteiger partial charge in [-0.3, -0.25) is 0 Å². The molecular weight excluding hydrogens is 262 g/mol. The Hall–Kier alpha value is -2.50. The summed E-state index contributed by atoms with van der Waals surface area (Å²) in [4.78, 5) is 4.35. The third-order valence-electron chi connectivity index (χ3n) is 3.01. The van der Waals surface area contributed by atoms with Gasteiger partial charge in [0.25, 0.3) is 0 Å². The van der Waals surface area contributed by atoms with E-state index in [0.29, 0.717) is 17.0 Å². The molecule has 1 N–H and O–H groups in total. The summed E-state index contributed by atoms with van der Waals surface area (Å²) in [6.07, 6.45) is 3.42. The van der Waals surface area contributed by atoms with Crippen LogP contribution < -0.4 is 5.32 Å². The standard InChI is InChI=1S/C14H12F2N4/c1-9(10-6-11(15)8-12(16)7-10)18-13-3-5-20-14(19-13)2-4-17-20/h2-9H,1H3,(H,18,19)/t9-/m1/s1. The zero-order valence-electron chi connectivity index (χ0n) is 10.7. The van der Waals surface area contributed by atoms with Gasteiger partial charge in [-0.2, -0.15) is 5.10 Å². The molecule has 2 aromatic heterocycles. The smallest absolute Gasteiger partial charge is 0.157 e. The molecule has 4 nitrogen and oxygen atoms in total. The first-order chi connectivity index (χ1) is 9.61. The summed E-state index contributed by atoms with van der Waals surface area (Å²) in [5.74, 6) is -0.559. The highest BCUT2D eigenvalue weighted by Crippen LogP contribution is 2.20. The first-order valence-corrected chi connectivity index (χ1v) is 6.15. The largest absolute Gasteiger partial charge is 0.363 e. The second-order valence-corrected chi connectivity index (χ2v) is 4.52. The van der Waals surface area contributed by atoms with Gasteiger partial charge in [-0.05, 0) is 30.7 Å². The molecule has 6 heteroatoms. The van der Waals surface area contributed by atoms with E-state index in [0.717, 1.165) is 6.07 Å². The molecule has 0 saturated heterocycles. The van der Waals surface area contributed by atoms with E-state index < -0.39 is 11.6 Å². The monoisotopic (exact) mass is 274 g/mol. The van der Waals surface area contributed by atoms with Gasteiger partial charge >= 0.3 is 0 Å². The fourth-order valence-electron chi connectivity index (χ4n) is 2.02. The van der Waals surface area contributed by atoms with E-state index in [1.807, 2.05) is 6.92 Å². The molecule has 0 saturated carbocycles. The van der Waals surface area contributed by atoms with Gasteiger partial charge < -0.3 is 5.32 Å². The molecule has 20 heavy (non-hydrogen) atoms. The van der Waals surface area contributed by atoms with Crippen molar-refractivity contribution in [3.05, 3.63) is 59.9 Å². The molecule has 0 aliphatic carbocycles. The molecule has 1 aromatic carbocycles. The maximum atomic E-state index is 13.2. The molecular formula is C14H12F2N4. The fraction of sp³-hybridized carbons (Fsp3) is 0.143. The summed E-state index contributed by atoms with van der Waals surface area (Å²) in [5.41, 5.74) is 1.23. The van der Waals surface area contributed by atoms with Crippen LogP contribution in [0.15, 0.2) is 42.7 Å². The number of nitrogens with zero attached hydrogens (tertiary/aromatic N) is 3. The average molecular weight is 274 g/mol. The Labute approximate surface area is 114 Å². The lowest BCUT2D eigenvalue weighted by Crippen LogP contribution is -2.09. The molecule has 0 radical (unpaired) electrons. The van der Waals surface area contributed by atoms with Crippen LogP contribution in [0.25, 0.3) is 5.65 Å². The highest BCUT2D eigenvalue weighted by atomic mass is 19.1. The Balaban J connectivity index is 1.85.